The highest BCUT2D eigenvalue weighted by atomic mass is 16.5. The van der Waals surface area contributed by atoms with E-state index >= 15 is 0 Å². The van der Waals surface area contributed by atoms with Crippen LogP contribution >= 0.6 is 0 Å². The lowest BCUT2D eigenvalue weighted by atomic mass is 9.88. The molecule has 3 aromatic rings. The van der Waals surface area contributed by atoms with Crippen LogP contribution in [0, 0.1) is 5.92 Å². The maximum Gasteiger partial charge on any atom is 0.267 e. The quantitative estimate of drug-likeness (QED) is 0.228. The third kappa shape index (κ3) is 5.11. The lowest BCUT2D eigenvalue weighted by Gasteiger charge is -2.34. The number of nitrogens with zero attached hydrogens (tertiary/aromatic N) is 1. The van der Waals surface area contributed by atoms with Crippen molar-refractivity contribution >= 4 is 22.9 Å². The lowest BCUT2D eigenvalue weighted by molar-refractivity contribution is -0.124. The van der Waals surface area contributed by atoms with Gasteiger partial charge in [0.25, 0.3) is 5.91 Å². The second kappa shape index (κ2) is 10.6. The molecule has 1 fully saturated rings. The van der Waals surface area contributed by atoms with Gasteiger partial charge in [-0.3, -0.25) is 14.9 Å². The zero-order valence-corrected chi connectivity index (χ0v) is 19.8. The zero-order chi connectivity index (χ0) is 23.3. The molecule has 2 aromatic carbocycles. The third-order valence-corrected chi connectivity index (χ3v) is 7.75. The van der Waals surface area contributed by atoms with Gasteiger partial charge in [0.1, 0.15) is 0 Å². The molecule has 2 aliphatic rings. The maximum atomic E-state index is 11.3. The third-order valence-electron chi connectivity index (χ3n) is 7.75. The van der Waals surface area contributed by atoms with Gasteiger partial charge in [-0.15, -0.1) is 0 Å². The highest BCUT2D eigenvalue weighted by Gasteiger charge is 2.30. The average molecular weight is 458 g/mol. The molecule has 3 N–H and O–H groups in total. The van der Waals surface area contributed by atoms with Crippen LogP contribution in [-0.2, 0) is 17.6 Å². The molecule has 0 spiro atoms. The first-order valence-electron chi connectivity index (χ1n) is 12.8. The molecule has 1 atom stereocenters. The van der Waals surface area contributed by atoms with E-state index in [0.29, 0.717) is 6.04 Å². The van der Waals surface area contributed by atoms with E-state index in [1.165, 1.54) is 72.3 Å². The number of H-pyrrole nitrogens is 1. The predicted octanol–water partition coefficient (Wildman–Crippen LogP) is 5.80. The Morgan fingerprint density at radius 2 is 1.97 bits per heavy atom. The molecular weight excluding hydrogens is 422 g/mol. The highest BCUT2D eigenvalue weighted by Crippen LogP contribution is 2.38. The molecule has 1 aromatic heterocycles. The largest absolute Gasteiger partial charge is 0.361 e. The van der Waals surface area contributed by atoms with Gasteiger partial charge in [-0.2, -0.15) is 0 Å². The first-order chi connectivity index (χ1) is 16.7. The normalized spacial score (nSPS) is 18.7. The summed E-state index contributed by atoms with van der Waals surface area (Å²) in [7, 11) is 0. The van der Waals surface area contributed by atoms with Crippen molar-refractivity contribution in [3.63, 3.8) is 0 Å². The number of hydrogen-bond donors (Lipinski definition) is 3. The number of carbonyl (C=O) groups is 1. The van der Waals surface area contributed by atoms with Crippen molar-refractivity contribution < 1.29 is 10.0 Å². The van der Waals surface area contributed by atoms with E-state index in [2.05, 4.69) is 58.5 Å². The number of fused-ring (bicyclic) bond motifs is 2. The smallest absolute Gasteiger partial charge is 0.267 e. The monoisotopic (exact) mass is 457 g/mol. The second-order valence-corrected chi connectivity index (χ2v) is 9.93. The Bertz CT molecular complexity index is 1160. The van der Waals surface area contributed by atoms with Gasteiger partial charge in [0.05, 0.1) is 0 Å². The van der Waals surface area contributed by atoms with E-state index < -0.39 is 5.91 Å². The van der Waals surface area contributed by atoms with Crippen LogP contribution in [0.4, 0.5) is 0 Å². The molecule has 2 aliphatic carbocycles. The van der Waals surface area contributed by atoms with Crippen molar-refractivity contribution in [1.29, 1.82) is 0 Å². The van der Waals surface area contributed by atoms with Crippen molar-refractivity contribution in [2.24, 2.45) is 5.92 Å². The number of hydrogen-bond acceptors (Lipinski definition) is 3. The maximum absolute atomic E-state index is 11.3. The molecule has 178 valence electrons. The van der Waals surface area contributed by atoms with Crippen molar-refractivity contribution in [1.82, 2.24) is 15.4 Å². The number of aryl methyl sites for hydroxylation is 1. The predicted molar refractivity (Wildman–Crippen MR) is 137 cm³/mol. The minimum atomic E-state index is -0.505. The number of benzene rings is 2. The fourth-order valence-corrected chi connectivity index (χ4v) is 5.99. The molecule has 34 heavy (non-hydrogen) atoms. The molecule has 5 nitrogen and oxygen atoms in total. The van der Waals surface area contributed by atoms with Crippen molar-refractivity contribution in [3.8, 4) is 0 Å². The van der Waals surface area contributed by atoms with Crippen LogP contribution < -0.4 is 5.48 Å². The molecule has 5 rings (SSSR count). The standard InChI is InChI=1S/C29H35N3O2/c33-29(31-34)15-11-21-10-13-26-23(18-21)12-14-28(26)32(20-22-6-2-1-3-7-22)17-16-24-19-30-27-9-5-4-8-25(24)27/h4-5,8-11,13,15,18-19,22,28,30,34H,1-3,6-7,12,14,16-17,20H2,(H,31,33)/b15-11+. The minimum absolute atomic E-state index is 0.459. The van der Waals surface area contributed by atoms with Gasteiger partial charge in [-0.1, -0.05) is 55.7 Å². The summed E-state index contributed by atoms with van der Waals surface area (Å²) in [5, 5.41) is 10.1. The van der Waals surface area contributed by atoms with Crippen molar-refractivity contribution in [2.45, 2.75) is 57.4 Å². The summed E-state index contributed by atoms with van der Waals surface area (Å²) in [4.78, 5) is 17.5. The Labute approximate surface area is 201 Å². The Balaban J connectivity index is 1.35. The zero-order valence-electron chi connectivity index (χ0n) is 19.8. The van der Waals surface area contributed by atoms with Gasteiger partial charge < -0.3 is 4.98 Å². The topological polar surface area (TPSA) is 68.4 Å². The summed E-state index contributed by atoms with van der Waals surface area (Å²) in [6.45, 7) is 2.26. The minimum Gasteiger partial charge on any atom is -0.361 e. The number of nitrogens with one attached hydrogen (secondary N) is 2. The van der Waals surface area contributed by atoms with Crippen LogP contribution in [-0.4, -0.2) is 34.1 Å². The number of aromatic amines is 1. The van der Waals surface area contributed by atoms with Gasteiger partial charge >= 0.3 is 0 Å². The van der Waals surface area contributed by atoms with Gasteiger partial charge in [0, 0.05) is 42.3 Å². The summed E-state index contributed by atoms with van der Waals surface area (Å²) in [5.41, 5.74) is 8.11. The van der Waals surface area contributed by atoms with Gasteiger partial charge in [0.15, 0.2) is 0 Å². The molecular formula is C29H35N3O2. The Hall–Kier alpha value is -2.89. The van der Waals surface area contributed by atoms with Crippen LogP contribution in [0.5, 0.6) is 0 Å². The molecule has 0 radical (unpaired) electrons. The summed E-state index contributed by atoms with van der Waals surface area (Å²) >= 11 is 0. The Morgan fingerprint density at radius 1 is 1.12 bits per heavy atom. The fraction of sp³-hybridized carbons (Fsp3) is 0.414. The number of amides is 1. The summed E-state index contributed by atoms with van der Waals surface area (Å²) in [5.74, 6) is 0.300. The second-order valence-electron chi connectivity index (χ2n) is 9.93. The molecule has 0 bridgehead atoms. The van der Waals surface area contributed by atoms with Crippen molar-refractivity contribution in [2.75, 3.05) is 13.1 Å². The number of hydroxylamine groups is 1. The van der Waals surface area contributed by atoms with E-state index in [4.69, 9.17) is 5.21 Å². The average Bonchev–Trinajstić information content (AvgIpc) is 3.49. The lowest BCUT2D eigenvalue weighted by Crippen LogP contribution is -2.35. The van der Waals surface area contributed by atoms with Gasteiger partial charge in [-0.25, -0.2) is 5.48 Å². The number of carbonyl (C=O) groups excluding carboxylic acids is 1. The van der Waals surface area contributed by atoms with Crippen LogP contribution in [0.15, 0.2) is 54.7 Å². The van der Waals surface area contributed by atoms with E-state index in [1.54, 1.807) is 11.6 Å². The highest BCUT2D eigenvalue weighted by molar-refractivity contribution is 5.90. The van der Waals surface area contributed by atoms with E-state index in [1.807, 2.05) is 0 Å². The molecule has 1 unspecified atom stereocenters. The van der Waals surface area contributed by atoms with Crippen LogP contribution in [0.25, 0.3) is 17.0 Å². The molecule has 1 heterocycles. The fourth-order valence-electron chi connectivity index (χ4n) is 5.99. The van der Waals surface area contributed by atoms with E-state index in [9.17, 15) is 4.79 Å². The summed E-state index contributed by atoms with van der Waals surface area (Å²) in [6.07, 6.45) is 15.5. The van der Waals surface area contributed by atoms with Gasteiger partial charge in [-0.05, 0) is 72.4 Å². The van der Waals surface area contributed by atoms with Gasteiger partial charge in [0.2, 0.25) is 0 Å². The van der Waals surface area contributed by atoms with E-state index in [-0.39, 0.29) is 0 Å². The first-order valence-corrected chi connectivity index (χ1v) is 12.8. The van der Waals surface area contributed by atoms with Crippen LogP contribution in [0.2, 0.25) is 0 Å². The summed E-state index contributed by atoms with van der Waals surface area (Å²) < 4.78 is 0. The SMILES string of the molecule is O=C(/C=C/c1ccc2c(c1)CCC2N(CCc1c[nH]c2ccccc12)CC1CCCCC1)NO. The Morgan fingerprint density at radius 3 is 2.82 bits per heavy atom. The number of aromatic nitrogens is 1. The molecule has 0 saturated heterocycles. The molecule has 1 saturated carbocycles. The number of para-hydroxylation sites is 1. The molecule has 1 amide bonds. The van der Waals surface area contributed by atoms with Crippen molar-refractivity contribution in [3.05, 3.63) is 77.0 Å². The first kappa shape index (κ1) is 22.9. The molecule has 5 heteroatoms. The number of rotatable bonds is 8. The summed E-state index contributed by atoms with van der Waals surface area (Å²) in [6, 6.07) is 15.6. The van der Waals surface area contributed by atoms with E-state index in [0.717, 1.165) is 37.3 Å². The molecule has 0 aliphatic heterocycles. The van der Waals surface area contributed by atoms with Crippen LogP contribution in [0.3, 0.4) is 0 Å². The Kier molecular flexibility index (Phi) is 7.12. The van der Waals surface area contributed by atoms with Crippen LogP contribution in [0.1, 0.15) is 66.8 Å².